The van der Waals surface area contributed by atoms with Crippen molar-refractivity contribution in [2.24, 2.45) is 7.05 Å². The third-order valence-electron chi connectivity index (χ3n) is 3.57. The Hall–Kier alpha value is -2.02. The van der Waals surface area contributed by atoms with Gasteiger partial charge in [0.25, 0.3) is 0 Å². The molecule has 23 heavy (non-hydrogen) atoms. The van der Waals surface area contributed by atoms with E-state index in [4.69, 9.17) is 0 Å². The Labute approximate surface area is 141 Å². The molecule has 0 bridgehead atoms. The van der Waals surface area contributed by atoms with Gasteiger partial charge < -0.3 is 15.2 Å². The summed E-state index contributed by atoms with van der Waals surface area (Å²) in [5.74, 6) is 0.706. The molecule has 2 N–H and O–H groups in total. The fourth-order valence-corrected chi connectivity index (χ4v) is 2.98. The Morgan fingerprint density at radius 1 is 1.43 bits per heavy atom. The Morgan fingerprint density at radius 3 is 2.83 bits per heavy atom. The molecule has 1 aromatic heterocycles. The number of hydrogen-bond donors (Lipinski definition) is 2. The van der Waals surface area contributed by atoms with Crippen molar-refractivity contribution in [2.45, 2.75) is 43.9 Å². The molecular formula is C16H23N5OS. The van der Waals surface area contributed by atoms with Crippen molar-refractivity contribution in [1.82, 2.24) is 20.1 Å². The predicted octanol–water partition coefficient (Wildman–Crippen LogP) is 3.34. The molecule has 1 heterocycles. The standard InChI is InChI=1S/C16H23N5OS/c1-5-12(3)23-13-6-7-14(11(2)8-13)19-16(22)17-9-15-20-18-10-21(15)4/h6-8,10,12H,5,9H2,1-4H3,(H2,17,19,22)/t12-/m1/s1. The first-order valence-electron chi connectivity index (χ1n) is 7.64. The van der Waals surface area contributed by atoms with E-state index in [0.717, 1.165) is 17.7 Å². The normalized spacial score (nSPS) is 12.0. The molecule has 2 rings (SSSR count). The zero-order valence-corrected chi connectivity index (χ0v) is 14.8. The van der Waals surface area contributed by atoms with Crippen LogP contribution in [0, 0.1) is 6.92 Å². The van der Waals surface area contributed by atoms with Gasteiger partial charge in [0, 0.05) is 22.9 Å². The molecule has 0 spiro atoms. The number of benzene rings is 1. The molecule has 124 valence electrons. The van der Waals surface area contributed by atoms with Gasteiger partial charge in [-0.1, -0.05) is 13.8 Å². The number of amides is 2. The number of thioether (sulfide) groups is 1. The van der Waals surface area contributed by atoms with Crippen LogP contribution in [0.15, 0.2) is 29.4 Å². The third-order valence-corrected chi connectivity index (χ3v) is 4.83. The zero-order chi connectivity index (χ0) is 16.8. The van der Waals surface area contributed by atoms with E-state index in [1.165, 1.54) is 4.90 Å². The van der Waals surface area contributed by atoms with E-state index in [9.17, 15) is 4.79 Å². The van der Waals surface area contributed by atoms with Gasteiger partial charge in [0.05, 0.1) is 6.54 Å². The third kappa shape index (κ3) is 4.99. The Balaban J connectivity index is 1.91. The molecule has 0 aliphatic heterocycles. The molecule has 2 aromatic rings. The summed E-state index contributed by atoms with van der Waals surface area (Å²) in [6.07, 6.45) is 2.74. The van der Waals surface area contributed by atoms with E-state index in [2.05, 4.69) is 40.7 Å². The lowest BCUT2D eigenvalue weighted by Crippen LogP contribution is -2.29. The summed E-state index contributed by atoms with van der Waals surface area (Å²) in [6, 6.07) is 5.84. The van der Waals surface area contributed by atoms with Crippen LogP contribution in [0.5, 0.6) is 0 Å². The average Bonchev–Trinajstić information content (AvgIpc) is 2.93. The molecule has 2 amide bonds. The van der Waals surface area contributed by atoms with E-state index >= 15 is 0 Å². The second kappa shape index (κ2) is 8.01. The van der Waals surface area contributed by atoms with Crippen LogP contribution >= 0.6 is 11.8 Å². The van der Waals surface area contributed by atoms with Gasteiger partial charge in [0.2, 0.25) is 0 Å². The highest BCUT2D eigenvalue weighted by Gasteiger charge is 2.08. The molecule has 0 saturated heterocycles. The number of nitrogens with one attached hydrogen (secondary N) is 2. The van der Waals surface area contributed by atoms with Crippen LogP contribution in [-0.4, -0.2) is 26.0 Å². The number of aryl methyl sites for hydroxylation is 2. The first-order chi connectivity index (χ1) is 11.0. The summed E-state index contributed by atoms with van der Waals surface area (Å²) in [4.78, 5) is 13.2. The minimum atomic E-state index is -0.251. The minimum Gasteiger partial charge on any atom is -0.331 e. The summed E-state index contributed by atoms with van der Waals surface area (Å²) >= 11 is 1.85. The zero-order valence-electron chi connectivity index (χ0n) is 14.0. The number of rotatable bonds is 6. The molecule has 1 atom stereocenters. The molecule has 0 saturated carbocycles. The highest BCUT2D eigenvalue weighted by atomic mass is 32.2. The minimum absolute atomic E-state index is 0.251. The van der Waals surface area contributed by atoms with Gasteiger partial charge in [-0.3, -0.25) is 0 Å². The Morgan fingerprint density at radius 2 is 2.22 bits per heavy atom. The first kappa shape index (κ1) is 17.3. The van der Waals surface area contributed by atoms with Crippen LogP contribution in [0.2, 0.25) is 0 Å². The van der Waals surface area contributed by atoms with Crippen LogP contribution in [0.3, 0.4) is 0 Å². The fourth-order valence-electron chi connectivity index (χ4n) is 1.96. The Bertz CT molecular complexity index is 670. The largest absolute Gasteiger partial charge is 0.331 e. The van der Waals surface area contributed by atoms with Crippen molar-refractivity contribution in [3.63, 3.8) is 0 Å². The lowest BCUT2D eigenvalue weighted by Gasteiger charge is -2.13. The van der Waals surface area contributed by atoms with Crippen molar-refractivity contribution in [2.75, 3.05) is 5.32 Å². The van der Waals surface area contributed by atoms with Crippen LogP contribution in [-0.2, 0) is 13.6 Å². The number of urea groups is 1. The SMILES string of the molecule is CC[C@@H](C)Sc1ccc(NC(=O)NCc2nncn2C)c(C)c1. The second-order valence-corrected chi connectivity index (χ2v) is 6.99. The first-order valence-corrected chi connectivity index (χ1v) is 8.52. The fraction of sp³-hybridized carbons (Fsp3) is 0.438. The number of hydrogen-bond acceptors (Lipinski definition) is 4. The molecular weight excluding hydrogens is 310 g/mol. The number of nitrogens with zero attached hydrogens (tertiary/aromatic N) is 3. The van der Waals surface area contributed by atoms with Crippen LogP contribution in [0.25, 0.3) is 0 Å². The molecule has 0 unspecified atom stereocenters. The topological polar surface area (TPSA) is 71.8 Å². The highest BCUT2D eigenvalue weighted by Crippen LogP contribution is 2.28. The van der Waals surface area contributed by atoms with Gasteiger partial charge in [-0.2, -0.15) is 0 Å². The van der Waals surface area contributed by atoms with Gasteiger partial charge in [-0.15, -0.1) is 22.0 Å². The van der Waals surface area contributed by atoms with Crippen LogP contribution in [0.4, 0.5) is 10.5 Å². The van der Waals surface area contributed by atoms with Gasteiger partial charge in [0.15, 0.2) is 5.82 Å². The molecule has 1 aromatic carbocycles. The lowest BCUT2D eigenvalue weighted by atomic mass is 10.2. The number of aromatic nitrogens is 3. The maximum Gasteiger partial charge on any atom is 0.319 e. The van der Waals surface area contributed by atoms with Crippen molar-refractivity contribution < 1.29 is 4.79 Å². The summed E-state index contributed by atoms with van der Waals surface area (Å²) < 4.78 is 1.77. The van der Waals surface area contributed by atoms with Crippen molar-refractivity contribution in [3.8, 4) is 0 Å². The molecule has 0 radical (unpaired) electrons. The monoisotopic (exact) mass is 333 g/mol. The highest BCUT2D eigenvalue weighted by molar-refractivity contribution is 7.99. The summed E-state index contributed by atoms with van der Waals surface area (Å²) in [6.45, 7) is 6.73. The molecule has 0 aliphatic carbocycles. The van der Waals surface area contributed by atoms with Gasteiger partial charge >= 0.3 is 6.03 Å². The summed E-state index contributed by atoms with van der Waals surface area (Å²) in [7, 11) is 1.84. The van der Waals surface area contributed by atoms with Gasteiger partial charge in [-0.25, -0.2) is 4.79 Å². The van der Waals surface area contributed by atoms with Gasteiger partial charge in [-0.05, 0) is 37.1 Å². The number of carbonyl (C=O) groups excluding carboxylic acids is 1. The van der Waals surface area contributed by atoms with E-state index in [-0.39, 0.29) is 6.03 Å². The van der Waals surface area contributed by atoms with Crippen molar-refractivity contribution >= 4 is 23.5 Å². The number of anilines is 1. The van der Waals surface area contributed by atoms with Crippen LogP contribution < -0.4 is 10.6 Å². The van der Waals surface area contributed by atoms with E-state index in [1.807, 2.05) is 37.9 Å². The van der Waals surface area contributed by atoms with E-state index < -0.39 is 0 Å². The average molecular weight is 333 g/mol. The molecule has 0 aliphatic rings. The van der Waals surface area contributed by atoms with Crippen molar-refractivity contribution in [1.29, 1.82) is 0 Å². The molecule has 0 fully saturated rings. The van der Waals surface area contributed by atoms with E-state index in [1.54, 1.807) is 10.9 Å². The maximum absolute atomic E-state index is 12.0. The lowest BCUT2D eigenvalue weighted by molar-refractivity contribution is 0.251. The van der Waals surface area contributed by atoms with E-state index in [0.29, 0.717) is 17.6 Å². The smallest absolute Gasteiger partial charge is 0.319 e. The maximum atomic E-state index is 12.0. The van der Waals surface area contributed by atoms with Gasteiger partial charge in [0.1, 0.15) is 6.33 Å². The molecule has 7 heteroatoms. The molecule has 6 nitrogen and oxygen atoms in total. The van der Waals surface area contributed by atoms with Crippen molar-refractivity contribution in [3.05, 3.63) is 35.9 Å². The van der Waals surface area contributed by atoms with Crippen LogP contribution in [0.1, 0.15) is 31.7 Å². The quantitative estimate of drug-likeness (QED) is 0.795. The number of carbonyl (C=O) groups is 1. The second-order valence-electron chi connectivity index (χ2n) is 5.48. The predicted molar refractivity (Wildman–Crippen MR) is 93.7 cm³/mol. The Kier molecular flexibility index (Phi) is 6.04. The summed E-state index contributed by atoms with van der Waals surface area (Å²) in [5.41, 5.74) is 1.86. The summed E-state index contributed by atoms with van der Waals surface area (Å²) in [5, 5.41) is 13.9.